The van der Waals surface area contributed by atoms with Gasteiger partial charge in [0.25, 0.3) is 0 Å². The molecule has 1 amide bonds. The van der Waals surface area contributed by atoms with Crippen LogP contribution in [0.4, 0.5) is 4.79 Å². The summed E-state index contributed by atoms with van der Waals surface area (Å²) in [7, 11) is 0. The number of likely N-dealkylation sites (tertiary alicyclic amines) is 1. The second kappa shape index (κ2) is 11.6. The van der Waals surface area contributed by atoms with Crippen molar-refractivity contribution in [2.45, 2.75) is 59.2 Å². The third kappa shape index (κ3) is 6.20. The van der Waals surface area contributed by atoms with Gasteiger partial charge in [-0.2, -0.15) is 0 Å². The maximum absolute atomic E-state index is 12.9. The van der Waals surface area contributed by atoms with E-state index < -0.39 is 18.1 Å². The van der Waals surface area contributed by atoms with Gasteiger partial charge >= 0.3 is 12.1 Å². The molecule has 1 fully saturated rings. The number of carbonyl (C=O) groups excluding carboxylic acids is 1. The van der Waals surface area contributed by atoms with E-state index in [4.69, 9.17) is 13.9 Å². The average molecular weight is 481 g/mol. The Labute approximate surface area is 205 Å². The van der Waals surface area contributed by atoms with Crippen LogP contribution in [0.2, 0.25) is 0 Å². The largest absolute Gasteiger partial charge is 0.493 e. The Morgan fingerprint density at radius 1 is 1.09 bits per heavy atom. The van der Waals surface area contributed by atoms with Crippen molar-refractivity contribution >= 4 is 12.1 Å². The van der Waals surface area contributed by atoms with Crippen molar-refractivity contribution in [1.82, 2.24) is 9.88 Å². The number of benzene rings is 2. The van der Waals surface area contributed by atoms with Gasteiger partial charge in [-0.25, -0.2) is 14.6 Å². The van der Waals surface area contributed by atoms with E-state index in [1.165, 1.54) is 4.90 Å². The lowest BCUT2D eigenvalue weighted by Gasteiger charge is -2.28. The standard InChI is InChI=1S/C26H28N2O6.CH4/c1-17-22(27-18(2)34-17)14-15-32-21-10-8-20(9-11-21)23-12-13-24(25(29)30)28(23)26(31)33-16-19-6-4-3-5-7-19;/h3-11,23-24H,12-16H2,1-2H3,(H,29,30);1H4/t23-,24-;/m0./s1. The molecule has 0 radical (unpaired) electrons. The van der Waals surface area contributed by atoms with Crippen LogP contribution >= 0.6 is 0 Å². The zero-order chi connectivity index (χ0) is 24.1. The lowest BCUT2D eigenvalue weighted by Crippen LogP contribution is -2.42. The summed E-state index contributed by atoms with van der Waals surface area (Å²) in [6.07, 6.45) is 0.921. The molecule has 35 heavy (non-hydrogen) atoms. The fourth-order valence-corrected chi connectivity index (χ4v) is 4.28. The molecule has 1 N–H and O–H groups in total. The molecule has 0 bridgehead atoms. The van der Waals surface area contributed by atoms with Crippen LogP contribution in [0.1, 0.15) is 54.8 Å². The van der Waals surface area contributed by atoms with E-state index in [1.54, 1.807) is 0 Å². The average Bonchev–Trinajstić information content (AvgIpc) is 3.42. The Bertz CT molecular complexity index is 1130. The number of amides is 1. The van der Waals surface area contributed by atoms with Crippen molar-refractivity contribution < 1.29 is 28.6 Å². The Hall–Kier alpha value is -3.81. The number of nitrogens with zero attached hydrogens (tertiary/aromatic N) is 2. The predicted octanol–water partition coefficient (Wildman–Crippen LogP) is 5.48. The second-order valence-electron chi connectivity index (χ2n) is 8.30. The molecule has 1 aliphatic heterocycles. The highest BCUT2D eigenvalue weighted by Crippen LogP contribution is 2.37. The zero-order valence-electron chi connectivity index (χ0n) is 19.3. The van der Waals surface area contributed by atoms with Gasteiger partial charge < -0.3 is 19.0 Å². The van der Waals surface area contributed by atoms with Crippen LogP contribution in [0, 0.1) is 13.8 Å². The summed E-state index contributed by atoms with van der Waals surface area (Å²) in [5.41, 5.74) is 2.57. The monoisotopic (exact) mass is 480 g/mol. The highest BCUT2D eigenvalue weighted by Gasteiger charge is 2.42. The van der Waals surface area contributed by atoms with E-state index in [9.17, 15) is 14.7 Å². The maximum atomic E-state index is 12.9. The minimum Gasteiger partial charge on any atom is -0.493 e. The van der Waals surface area contributed by atoms with Gasteiger partial charge in [0.2, 0.25) is 0 Å². The first-order chi connectivity index (χ1) is 16.4. The van der Waals surface area contributed by atoms with E-state index in [1.807, 2.05) is 68.4 Å². The van der Waals surface area contributed by atoms with E-state index in [-0.39, 0.29) is 20.1 Å². The third-order valence-corrected chi connectivity index (χ3v) is 5.96. The molecule has 8 heteroatoms. The molecule has 4 rings (SSSR count). The number of hydrogen-bond acceptors (Lipinski definition) is 6. The van der Waals surface area contributed by atoms with Crippen LogP contribution in [0.25, 0.3) is 0 Å². The first kappa shape index (κ1) is 25.8. The number of ether oxygens (including phenoxy) is 2. The van der Waals surface area contributed by atoms with Crippen molar-refractivity contribution in [3.05, 3.63) is 83.1 Å². The topological polar surface area (TPSA) is 102 Å². The number of aromatic nitrogens is 1. The van der Waals surface area contributed by atoms with Gasteiger partial charge in [0, 0.05) is 13.3 Å². The molecule has 0 saturated carbocycles. The summed E-state index contributed by atoms with van der Waals surface area (Å²) in [4.78, 5) is 30.4. The normalized spacial score (nSPS) is 17.0. The summed E-state index contributed by atoms with van der Waals surface area (Å²) >= 11 is 0. The van der Waals surface area contributed by atoms with Crippen molar-refractivity contribution in [2.75, 3.05) is 6.61 Å². The number of hydrogen-bond donors (Lipinski definition) is 1. The molecule has 1 saturated heterocycles. The minimum atomic E-state index is -1.03. The summed E-state index contributed by atoms with van der Waals surface area (Å²) in [5, 5.41) is 9.66. The quantitative estimate of drug-likeness (QED) is 0.456. The first-order valence-electron chi connectivity index (χ1n) is 11.3. The summed E-state index contributed by atoms with van der Waals surface area (Å²) < 4.78 is 16.7. The van der Waals surface area contributed by atoms with Crippen molar-refractivity contribution in [3.8, 4) is 5.75 Å². The summed E-state index contributed by atoms with van der Waals surface area (Å²) in [5.74, 6) is 1.09. The van der Waals surface area contributed by atoms with Gasteiger partial charge in [-0.05, 0) is 43.0 Å². The van der Waals surface area contributed by atoms with E-state index in [0.29, 0.717) is 37.5 Å². The molecule has 2 atom stereocenters. The van der Waals surface area contributed by atoms with E-state index >= 15 is 0 Å². The molecule has 1 aliphatic rings. The molecule has 2 heterocycles. The number of rotatable bonds is 8. The Morgan fingerprint density at radius 3 is 2.43 bits per heavy atom. The van der Waals surface area contributed by atoms with E-state index in [0.717, 1.165) is 22.6 Å². The zero-order valence-corrected chi connectivity index (χ0v) is 19.3. The second-order valence-corrected chi connectivity index (χ2v) is 8.30. The van der Waals surface area contributed by atoms with E-state index in [2.05, 4.69) is 4.98 Å². The van der Waals surface area contributed by atoms with Gasteiger partial charge in [0.05, 0.1) is 18.3 Å². The number of aliphatic carboxylic acids is 1. The van der Waals surface area contributed by atoms with Crippen LogP contribution in [0.3, 0.4) is 0 Å². The van der Waals surface area contributed by atoms with Gasteiger partial charge in [0.15, 0.2) is 5.89 Å². The van der Waals surface area contributed by atoms with Gasteiger partial charge in [-0.1, -0.05) is 49.9 Å². The van der Waals surface area contributed by atoms with Crippen LogP contribution in [0.5, 0.6) is 5.75 Å². The first-order valence-corrected chi connectivity index (χ1v) is 11.3. The molecule has 0 spiro atoms. The molecule has 186 valence electrons. The van der Waals surface area contributed by atoms with Gasteiger partial charge in [-0.3, -0.25) is 4.90 Å². The molecule has 2 aromatic carbocycles. The molecule has 0 unspecified atom stereocenters. The van der Waals surface area contributed by atoms with Crippen molar-refractivity contribution in [2.24, 2.45) is 0 Å². The Kier molecular flexibility index (Phi) is 8.52. The Morgan fingerprint density at radius 2 is 1.80 bits per heavy atom. The highest BCUT2D eigenvalue weighted by atomic mass is 16.6. The third-order valence-electron chi connectivity index (χ3n) is 5.96. The Balaban J connectivity index is 0.00000342. The number of oxazole rings is 1. The smallest absolute Gasteiger partial charge is 0.411 e. The molecule has 0 aliphatic carbocycles. The fraction of sp³-hybridized carbons (Fsp3) is 0.370. The lowest BCUT2D eigenvalue weighted by atomic mass is 10.0. The minimum absolute atomic E-state index is 0. The summed E-state index contributed by atoms with van der Waals surface area (Å²) in [6, 6.07) is 15.4. The van der Waals surface area contributed by atoms with Crippen LogP contribution in [-0.4, -0.2) is 39.7 Å². The van der Waals surface area contributed by atoms with Crippen molar-refractivity contribution in [1.29, 1.82) is 0 Å². The predicted molar refractivity (Wildman–Crippen MR) is 130 cm³/mol. The number of carbonyl (C=O) groups is 2. The van der Waals surface area contributed by atoms with Crippen LogP contribution in [-0.2, 0) is 22.6 Å². The molecule has 8 nitrogen and oxygen atoms in total. The maximum Gasteiger partial charge on any atom is 0.411 e. The fourth-order valence-electron chi connectivity index (χ4n) is 4.28. The number of carboxylic acids is 1. The number of aryl methyl sites for hydroxylation is 2. The van der Waals surface area contributed by atoms with Gasteiger partial charge in [-0.15, -0.1) is 0 Å². The SMILES string of the molecule is C.Cc1nc(CCOc2ccc([C@@H]3CC[C@@H](C(=O)O)N3C(=O)OCc3ccccc3)cc2)c(C)o1. The molecule has 3 aromatic rings. The number of carboxylic acid groups (broad SMARTS) is 1. The van der Waals surface area contributed by atoms with Crippen LogP contribution in [0.15, 0.2) is 59.0 Å². The van der Waals surface area contributed by atoms with Crippen molar-refractivity contribution in [3.63, 3.8) is 0 Å². The molecular weight excluding hydrogens is 448 g/mol. The lowest BCUT2D eigenvalue weighted by molar-refractivity contribution is -0.142. The van der Waals surface area contributed by atoms with Gasteiger partial charge in [0.1, 0.15) is 24.2 Å². The molecule has 1 aromatic heterocycles. The highest BCUT2D eigenvalue weighted by molar-refractivity contribution is 5.81. The molecular formula is C27H32N2O6. The summed E-state index contributed by atoms with van der Waals surface area (Å²) in [6.45, 7) is 4.24. The van der Waals surface area contributed by atoms with Crippen LogP contribution < -0.4 is 4.74 Å².